The summed E-state index contributed by atoms with van der Waals surface area (Å²) in [6.45, 7) is 0. The van der Waals surface area contributed by atoms with E-state index in [-0.39, 0.29) is 12.3 Å². The second-order valence-corrected chi connectivity index (χ2v) is 4.20. The molecule has 94 valence electrons. The number of furan rings is 1. The maximum atomic E-state index is 11.9. The van der Waals surface area contributed by atoms with Gasteiger partial charge in [-0.05, 0) is 18.2 Å². The minimum absolute atomic E-state index is 0.106. The van der Waals surface area contributed by atoms with Crippen LogP contribution in [0.1, 0.15) is 5.56 Å². The minimum atomic E-state index is -0.106. The van der Waals surface area contributed by atoms with Crippen LogP contribution in [0.5, 0.6) is 0 Å². The Kier molecular flexibility index (Phi) is 2.98. The molecule has 19 heavy (non-hydrogen) atoms. The van der Waals surface area contributed by atoms with E-state index < -0.39 is 0 Å². The number of carbonyl (C=O) groups is 1. The Balaban J connectivity index is 1.76. The number of carbonyl (C=O) groups excluding carboxylic acids is 1. The summed E-state index contributed by atoms with van der Waals surface area (Å²) in [5.74, 6) is 0.450. The number of para-hydroxylation sites is 1. The van der Waals surface area contributed by atoms with Gasteiger partial charge in [-0.1, -0.05) is 24.3 Å². The molecule has 0 aliphatic heterocycles. The van der Waals surface area contributed by atoms with Crippen LogP contribution in [0.3, 0.4) is 0 Å². The lowest BCUT2D eigenvalue weighted by Gasteiger charge is -2.02. The molecule has 1 N–H and O–H groups in total. The summed E-state index contributed by atoms with van der Waals surface area (Å²) in [5, 5.41) is 3.72. The summed E-state index contributed by atoms with van der Waals surface area (Å²) < 4.78 is 5.40. The monoisotopic (exact) mass is 252 g/mol. The molecule has 0 saturated heterocycles. The molecular weight excluding hydrogens is 240 g/mol. The molecular formula is C15H12N2O2. The van der Waals surface area contributed by atoms with Gasteiger partial charge in [0.1, 0.15) is 11.4 Å². The van der Waals surface area contributed by atoms with Gasteiger partial charge in [0.05, 0.1) is 12.7 Å². The van der Waals surface area contributed by atoms with Crippen LogP contribution < -0.4 is 5.32 Å². The highest BCUT2D eigenvalue weighted by Crippen LogP contribution is 2.21. The molecule has 0 radical (unpaired) electrons. The number of pyridine rings is 1. The van der Waals surface area contributed by atoms with Crippen LogP contribution in [0.15, 0.2) is 59.3 Å². The fraction of sp³-hybridized carbons (Fsp3) is 0.0667. The van der Waals surface area contributed by atoms with Gasteiger partial charge in [0.2, 0.25) is 5.91 Å². The molecule has 4 nitrogen and oxygen atoms in total. The van der Waals surface area contributed by atoms with E-state index in [0.717, 1.165) is 16.5 Å². The smallest absolute Gasteiger partial charge is 0.230 e. The van der Waals surface area contributed by atoms with Crippen molar-refractivity contribution in [2.24, 2.45) is 0 Å². The van der Waals surface area contributed by atoms with Crippen LogP contribution >= 0.6 is 0 Å². The highest BCUT2D eigenvalue weighted by molar-refractivity contribution is 5.94. The standard InChI is InChI=1S/C15H12N2O2/c18-15(17-14-7-3-4-8-16-14)9-11-10-19-13-6-2-1-5-12(11)13/h1-8,10H,9H2,(H,16,17,18). The van der Waals surface area contributed by atoms with Crippen molar-refractivity contribution < 1.29 is 9.21 Å². The first kappa shape index (κ1) is 11.5. The van der Waals surface area contributed by atoms with Gasteiger partial charge < -0.3 is 9.73 Å². The van der Waals surface area contributed by atoms with Crippen molar-refractivity contribution in [1.82, 2.24) is 4.98 Å². The Morgan fingerprint density at radius 1 is 1.16 bits per heavy atom. The molecule has 1 aromatic carbocycles. The third-order valence-corrected chi connectivity index (χ3v) is 2.84. The number of anilines is 1. The molecule has 2 aromatic heterocycles. The van der Waals surface area contributed by atoms with Gasteiger partial charge in [0.25, 0.3) is 0 Å². The largest absolute Gasteiger partial charge is 0.464 e. The van der Waals surface area contributed by atoms with Crippen LogP contribution in [0.2, 0.25) is 0 Å². The topological polar surface area (TPSA) is 55.1 Å². The van der Waals surface area contributed by atoms with Crippen LogP contribution in [0.4, 0.5) is 5.82 Å². The van der Waals surface area contributed by atoms with Crippen molar-refractivity contribution in [3.05, 3.63) is 60.5 Å². The quantitative estimate of drug-likeness (QED) is 0.779. The molecule has 0 atom stereocenters. The normalized spacial score (nSPS) is 10.5. The van der Waals surface area contributed by atoms with E-state index in [1.54, 1.807) is 24.6 Å². The Morgan fingerprint density at radius 2 is 2.00 bits per heavy atom. The van der Waals surface area contributed by atoms with Crippen molar-refractivity contribution in [3.63, 3.8) is 0 Å². The van der Waals surface area contributed by atoms with E-state index in [2.05, 4.69) is 10.3 Å². The summed E-state index contributed by atoms with van der Waals surface area (Å²) in [4.78, 5) is 16.0. The van der Waals surface area contributed by atoms with Crippen molar-refractivity contribution in [2.45, 2.75) is 6.42 Å². The number of fused-ring (bicyclic) bond motifs is 1. The second kappa shape index (κ2) is 4.94. The highest BCUT2D eigenvalue weighted by Gasteiger charge is 2.10. The molecule has 0 aliphatic carbocycles. The lowest BCUT2D eigenvalue weighted by Crippen LogP contribution is -2.14. The molecule has 1 amide bonds. The molecule has 0 spiro atoms. The van der Waals surface area contributed by atoms with Crippen molar-refractivity contribution in [1.29, 1.82) is 0 Å². The van der Waals surface area contributed by atoms with E-state index in [0.29, 0.717) is 5.82 Å². The number of hydrogen-bond acceptors (Lipinski definition) is 3. The molecule has 0 saturated carbocycles. The van der Waals surface area contributed by atoms with Crippen molar-refractivity contribution in [3.8, 4) is 0 Å². The van der Waals surface area contributed by atoms with Gasteiger partial charge in [-0.15, -0.1) is 0 Å². The van der Waals surface area contributed by atoms with Crippen LogP contribution in [-0.4, -0.2) is 10.9 Å². The van der Waals surface area contributed by atoms with Crippen LogP contribution in [0.25, 0.3) is 11.0 Å². The van der Waals surface area contributed by atoms with Crippen LogP contribution in [-0.2, 0) is 11.2 Å². The zero-order valence-electron chi connectivity index (χ0n) is 10.2. The average molecular weight is 252 g/mol. The van der Waals surface area contributed by atoms with Gasteiger partial charge in [-0.3, -0.25) is 4.79 Å². The van der Waals surface area contributed by atoms with Crippen molar-refractivity contribution in [2.75, 3.05) is 5.32 Å². The number of nitrogens with one attached hydrogen (secondary N) is 1. The zero-order valence-corrected chi connectivity index (χ0v) is 10.2. The second-order valence-electron chi connectivity index (χ2n) is 4.20. The lowest BCUT2D eigenvalue weighted by atomic mass is 10.1. The fourth-order valence-corrected chi connectivity index (χ4v) is 1.97. The minimum Gasteiger partial charge on any atom is -0.464 e. The third kappa shape index (κ3) is 2.47. The van der Waals surface area contributed by atoms with Crippen molar-refractivity contribution >= 4 is 22.7 Å². The van der Waals surface area contributed by atoms with Gasteiger partial charge in [-0.2, -0.15) is 0 Å². The fourth-order valence-electron chi connectivity index (χ4n) is 1.97. The summed E-state index contributed by atoms with van der Waals surface area (Å²) in [7, 11) is 0. The Labute approximate surface area is 110 Å². The summed E-state index contributed by atoms with van der Waals surface area (Å²) in [6, 6.07) is 13.1. The van der Waals surface area contributed by atoms with Gasteiger partial charge in [-0.25, -0.2) is 4.98 Å². The maximum Gasteiger partial charge on any atom is 0.230 e. The van der Waals surface area contributed by atoms with E-state index in [1.165, 1.54) is 0 Å². The first-order valence-corrected chi connectivity index (χ1v) is 5.99. The molecule has 3 aromatic rings. The third-order valence-electron chi connectivity index (χ3n) is 2.84. The Bertz CT molecular complexity index is 704. The summed E-state index contributed by atoms with van der Waals surface area (Å²) >= 11 is 0. The van der Waals surface area contributed by atoms with Crippen LogP contribution in [0, 0.1) is 0 Å². The lowest BCUT2D eigenvalue weighted by molar-refractivity contribution is -0.115. The molecule has 0 unspecified atom stereocenters. The first-order chi connectivity index (χ1) is 9.33. The SMILES string of the molecule is O=C(Cc1coc2ccccc12)Nc1ccccn1. The van der Waals surface area contributed by atoms with E-state index in [9.17, 15) is 4.79 Å². The average Bonchev–Trinajstić information content (AvgIpc) is 2.83. The molecule has 0 aliphatic rings. The predicted octanol–water partition coefficient (Wildman–Crippen LogP) is 3.01. The molecule has 2 heterocycles. The predicted molar refractivity (Wildman–Crippen MR) is 72.8 cm³/mol. The Morgan fingerprint density at radius 3 is 2.84 bits per heavy atom. The number of hydrogen-bond donors (Lipinski definition) is 1. The molecule has 0 bridgehead atoms. The van der Waals surface area contributed by atoms with Gasteiger partial charge in [0, 0.05) is 17.1 Å². The summed E-state index contributed by atoms with van der Waals surface area (Å²) in [5.41, 5.74) is 1.67. The molecule has 0 fully saturated rings. The maximum absolute atomic E-state index is 11.9. The van der Waals surface area contributed by atoms with E-state index in [1.807, 2.05) is 30.3 Å². The Hall–Kier alpha value is -2.62. The number of amides is 1. The number of rotatable bonds is 3. The number of benzene rings is 1. The number of nitrogens with zero attached hydrogens (tertiary/aromatic N) is 1. The zero-order chi connectivity index (χ0) is 13.1. The van der Waals surface area contributed by atoms with Gasteiger partial charge >= 0.3 is 0 Å². The number of aromatic nitrogens is 1. The molecule has 3 rings (SSSR count). The van der Waals surface area contributed by atoms with Gasteiger partial charge in [0.15, 0.2) is 0 Å². The summed E-state index contributed by atoms with van der Waals surface area (Å²) in [6.07, 6.45) is 3.54. The highest BCUT2D eigenvalue weighted by atomic mass is 16.3. The van der Waals surface area contributed by atoms with E-state index >= 15 is 0 Å². The molecule has 4 heteroatoms. The van der Waals surface area contributed by atoms with E-state index in [4.69, 9.17) is 4.42 Å². The first-order valence-electron chi connectivity index (χ1n) is 5.99.